The van der Waals surface area contributed by atoms with E-state index in [0.29, 0.717) is 0 Å². The molecule has 98 valence electrons. The van der Waals surface area contributed by atoms with E-state index in [2.05, 4.69) is 10.3 Å². The number of carbonyl (C=O) groups is 1. The van der Waals surface area contributed by atoms with Gasteiger partial charge in [-0.05, 0) is 46.9 Å². The van der Waals surface area contributed by atoms with E-state index in [0.717, 1.165) is 9.77 Å². The van der Waals surface area contributed by atoms with Crippen LogP contribution in [-0.2, 0) is 0 Å². The zero-order valence-corrected chi connectivity index (χ0v) is 12.2. The number of nitrogens with one attached hydrogen (secondary N) is 1. The number of nitrogens with zero attached hydrogens (tertiary/aromatic N) is 1. The molecule has 0 saturated carbocycles. The van der Waals surface area contributed by atoms with Crippen molar-refractivity contribution in [2.24, 2.45) is 0 Å². The average Bonchev–Trinajstić information content (AvgIpc) is 2.32. The van der Waals surface area contributed by atoms with Crippen molar-refractivity contribution in [3.63, 3.8) is 0 Å². The van der Waals surface area contributed by atoms with Crippen LogP contribution in [0.5, 0.6) is 0 Å². The van der Waals surface area contributed by atoms with Crippen LogP contribution in [-0.4, -0.2) is 16.1 Å². The maximum absolute atomic E-state index is 13.7. The van der Waals surface area contributed by atoms with Gasteiger partial charge in [0.1, 0.15) is 16.5 Å². The van der Waals surface area contributed by atoms with E-state index in [9.17, 15) is 9.18 Å². The number of carboxylic acid groups (broad SMARTS) is 1. The molecular formula is C12H7ClFIN2O2. The van der Waals surface area contributed by atoms with Gasteiger partial charge in [-0.3, -0.25) is 0 Å². The number of benzene rings is 1. The molecule has 0 fully saturated rings. The number of aromatic carboxylic acids is 1. The molecule has 0 spiro atoms. The number of aromatic nitrogens is 1. The van der Waals surface area contributed by atoms with E-state index in [1.54, 1.807) is 6.07 Å². The first kappa shape index (κ1) is 14.0. The minimum Gasteiger partial charge on any atom is -0.478 e. The molecular weight excluding hydrogens is 385 g/mol. The molecule has 2 aromatic rings. The second-order valence-electron chi connectivity index (χ2n) is 3.61. The number of anilines is 2. The van der Waals surface area contributed by atoms with Crippen LogP contribution in [0.1, 0.15) is 10.4 Å². The Morgan fingerprint density at radius 2 is 2.11 bits per heavy atom. The van der Waals surface area contributed by atoms with Gasteiger partial charge in [0.05, 0.1) is 11.4 Å². The van der Waals surface area contributed by atoms with E-state index in [1.165, 1.54) is 18.2 Å². The van der Waals surface area contributed by atoms with Gasteiger partial charge in [0, 0.05) is 9.77 Å². The van der Waals surface area contributed by atoms with Crippen LogP contribution in [0.2, 0.25) is 5.15 Å². The lowest BCUT2D eigenvalue weighted by molar-refractivity contribution is 0.0697. The summed E-state index contributed by atoms with van der Waals surface area (Å²) in [4.78, 5) is 14.7. The fourth-order valence-corrected chi connectivity index (χ4v) is 2.05. The molecule has 0 aliphatic heterocycles. The van der Waals surface area contributed by atoms with Crippen molar-refractivity contribution in [2.75, 3.05) is 5.32 Å². The van der Waals surface area contributed by atoms with E-state index in [4.69, 9.17) is 16.7 Å². The van der Waals surface area contributed by atoms with Gasteiger partial charge in [0.15, 0.2) is 0 Å². The summed E-state index contributed by atoms with van der Waals surface area (Å²) in [7, 11) is 0. The van der Waals surface area contributed by atoms with Crippen molar-refractivity contribution in [3.8, 4) is 0 Å². The van der Waals surface area contributed by atoms with Crippen LogP contribution in [0, 0.1) is 9.39 Å². The summed E-state index contributed by atoms with van der Waals surface area (Å²) in [6, 6.07) is 5.90. The fraction of sp³-hybridized carbons (Fsp3) is 0. The van der Waals surface area contributed by atoms with Crippen molar-refractivity contribution in [2.45, 2.75) is 0 Å². The first-order valence-corrected chi connectivity index (χ1v) is 6.54. The Balaban J connectivity index is 2.42. The Labute approximate surface area is 126 Å². The molecule has 0 saturated heterocycles. The largest absolute Gasteiger partial charge is 0.478 e. The van der Waals surface area contributed by atoms with Gasteiger partial charge in [-0.2, -0.15) is 0 Å². The Morgan fingerprint density at radius 1 is 1.37 bits per heavy atom. The van der Waals surface area contributed by atoms with Crippen LogP contribution < -0.4 is 5.32 Å². The highest BCUT2D eigenvalue weighted by molar-refractivity contribution is 14.1. The molecule has 1 aromatic heterocycles. The third kappa shape index (κ3) is 3.32. The number of halogens is 3. The van der Waals surface area contributed by atoms with E-state index in [-0.39, 0.29) is 22.1 Å². The SMILES string of the molecule is O=C(O)c1cnc(Cl)cc1Nc1ccc(I)cc1F. The molecule has 1 heterocycles. The number of pyridine rings is 1. The van der Waals surface area contributed by atoms with Gasteiger partial charge in [-0.1, -0.05) is 11.6 Å². The summed E-state index contributed by atoms with van der Waals surface area (Å²) in [5.41, 5.74) is 0.278. The standard InChI is InChI=1S/C12H7ClFIN2O2/c13-11-4-10(7(5-16-11)12(18)19)17-9-2-1-6(15)3-8(9)14/h1-5H,(H,16,17)(H,18,19). The van der Waals surface area contributed by atoms with Crippen molar-refractivity contribution in [1.29, 1.82) is 0 Å². The fourth-order valence-electron chi connectivity index (χ4n) is 1.44. The lowest BCUT2D eigenvalue weighted by atomic mass is 10.2. The third-order valence-electron chi connectivity index (χ3n) is 2.30. The molecule has 2 N–H and O–H groups in total. The quantitative estimate of drug-likeness (QED) is 0.614. The van der Waals surface area contributed by atoms with Crippen LogP contribution in [0.15, 0.2) is 30.5 Å². The van der Waals surface area contributed by atoms with Gasteiger partial charge in [0.25, 0.3) is 0 Å². The minimum atomic E-state index is -1.17. The lowest BCUT2D eigenvalue weighted by Crippen LogP contribution is -2.04. The second-order valence-corrected chi connectivity index (χ2v) is 5.24. The number of hydrogen-bond acceptors (Lipinski definition) is 3. The van der Waals surface area contributed by atoms with Crippen molar-refractivity contribution in [3.05, 3.63) is 50.6 Å². The monoisotopic (exact) mass is 392 g/mol. The van der Waals surface area contributed by atoms with Crippen molar-refractivity contribution >= 4 is 51.5 Å². The van der Waals surface area contributed by atoms with E-state index >= 15 is 0 Å². The normalized spacial score (nSPS) is 10.3. The first-order chi connectivity index (χ1) is 8.97. The predicted molar refractivity (Wildman–Crippen MR) is 78.6 cm³/mol. The summed E-state index contributed by atoms with van der Waals surface area (Å²) in [5, 5.41) is 11.9. The van der Waals surface area contributed by atoms with Gasteiger partial charge >= 0.3 is 5.97 Å². The molecule has 4 nitrogen and oxygen atoms in total. The molecule has 0 amide bonds. The topological polar surface area (TPSA) is 62.2 Å². The van der Waals surface area contributed by atoms with E-state index in [1.807, 2.05) is 22.6 Å². The number of hydrogen-bond donors (Lipinski definition) is 2. The van der Waals surface area contributed by atoms with Crippen molar-refractivity contribution in [1.82, 2.24) is 4.98 Å². The van der Waals surface area contributed by atoms with Gasteiger partial charge in [0.2, 0.25) is 0 Å². The summed E-state index contributed by atoms with van der Waals surface area (Å²) in [6.45, 7) is 0. The highest BCUT2D eigenvalue weighted by atomic mass is 127. The van der Waals surface area contributed by atoms with Gasteiger partial charge < -0.3 is 10.4 Å². The number of rotatable bonds is 3. The summed E-state index contributed by atoms with van der Waals surface area (Å²) < 4.78 is 14.4. The highest BCUT2D eigenvalue weighted by Crippen LogP contribution is 2.25. The molecule has 0 aliphatic rings. The maximum atomic E-state index is 13.7. The molecule has 19 heavy (non-hydrogen) atoms. The van der Waals surface area contributed by atoms with Crippen LogP contribution >= 0.6 is 34.2 Å². The summed E-state index contributed by atoms with van der Waals surface area (Å²) in [5.74, 6) is -1.64. The number of carboxylic acids is 1. The average molecular weight is 393 g/mol. The Morgan fingerprint density at radius 3 is 2.74 bits per heavy atom. The third-order valence-corrected chi connectivity index (χ3v) is 3.18. The minimum absolute atomic E-state index is 0.0812. The highest BCUT2D eigenvalue weighted by Gasteiger charge is 2.13. The molecule has 0 bridgehead atoms. The maximum Gasteiger partial charge on any atom is 0.339 e. The molecule has 1 aromatic carbocycles. The summed E-state index contributed by atoms with van der Waals surface area (Å²) >= 11 is 7.70. The molecule has 0 radical (unpaired) electrons. The smallest absolute Gasteiger partial charge is 0.339 e. The van der Waals surface area contributed by atoms with Crippen LogP contribution in [0.4, 0.5) is 15.8 Å². The van der Waals surface area contributed by atoms with Gasteiger partial charge in [-0.15, -0.1) is 0 Å². The Kier molecular flexibility index (Phi) is 4.20. The molecule has 0 aliphatic carbocycles. The zero-order chi connectivity index (χ0) is 14.0. The molecule has 2 rings (SSSR count). The molecule has 0 unspecified atom stereocenters. The van der Waals surface area contributed by atoms with Crippen molar-refractivity contribution < 1.29 is 14.3 Å². The van der Waals surface area contributed by atoms with Crippen LogP contribution in [0.25, 0.3) is 0 Å². The molecule has 7 heteroatoms. The van der Waals surface area contributed by atoms with E-state index < -0.39 is 11.8 Å². The Hall–Kier alpha value is -1.41. The zero-order valence-electron chi connectivity index (χ0n) is 9.32. The molecule has 0 atom stereocenters. The summed E-state index contributed by atoms with van der Waals surface area (Å²) in [6.07, 6.45) is 1.12. The van der Waals surface area contributed by atoms with Gasteiger partial charge in [-0.25, -0.2) is 14.2 Å². The second kappa shape index (κ2) is 5.70. The first-order valence-electron chi connectivity index (χ1n) is 5.08. The Bertz CT molecular complexity index is 652. The lowest BCUT2D eigenvalue weighted by Gasteiger charge is -2.10. The van der Waals surface area contributed by atoms with Crippen LogP contribution in [0.3, 0.4) is 0 Å². The predicted octanol–water partition coefficient (Wildman–Crippen LogP) is 3.92.